The second-order valence-corrected chi connectivity index (χ2v) is 5.32. The lowest BCUT2D eigenvalue weighted by atomic mass is 10.1. The van der Waals surface area contributed by atoms with E-state index < -0.39 is 0 Å². The highest BCUT2D eigenvalue weighted by atomic mass is 16.5. The Balaban J connectivity index is 1.85. The molecule has 0 saturated carbocycles. The molecule has 1 atom stereocenters. The van der Waals surface area contributed by atoms with Crippen molar-refractivity contribution >= 4 is 11.6 Å². The molecule has 0 aliphatic heterocycles. The first-order valence-electron chi connectivity index (χ1n) is 7.31. The van der Waals surface area contributed by atoms with Crippen LogP contribution < -0.4 is 4.74 Å². The zero-order valence-electron chi connectivity index (χ0n) is 13.3. The lowest BCUT2D eigenvalue weighted by Crippen LogP contribution is -2.30. The summed E-state index contributed by atoms with van der Waals surface area (Å²) in [5.41, 5.74) is 2.03. The van der Waals surface area contributed by atoms with Gasteiger partial charge in [-0.05, 0) is 30.7 Å². The minimum Gasteiger partial charge on any atom is -0.497 e. The second-order valence-electron chi connectivity index (χ2n) is 5.32. The SMILES string of the molecule is COc1cccc(C(C)N(C)C(=O)c2cc3ncccn3n2)c1. The minimum atomic E-state index is -0.147. The van der Waals surface area contributed by atoms with Crippen LogP contribution in [-0.2, 0) is 0 Å². The average molecular weight is 310 g/mol. The number of rotatable bonds is 4. The summed E-state index contributed by atoms with van der Waals surface area (Å²) in [7, 11) is 3.40. The highest BCUT2D eigenvalue weighted by molar-refractivity contribution is 5.93. The topological polar surface area (TPSA) is 59.7 Å². The van der Waals surface area contributed by atoms with Gasteiger partial charge in [-0.25, -0.2) is 9.50 Å². The van der Waals surface area contributed by atoms with Crippen molar-refractivity contribution in [2.75, 3.05) is 14.2 Å². The van der Waals surface area contributed by atoms with Gasteiger partial charge in [0.2, 0.25) is 0 Å². The molecule has 2 heterocycles. The van der Waals surface area contributed by atoms with Crippen LogP contribution in [0.25, 0.3) is 5.65 Å². The van der Waals surface area contributed by atoms with Crippen molar-refractivity contribution < 1.29 is 9.53 Å². The van der Waals surface area contributed by atoms with E-state index in [0.717, 1.165) is 11.3 Å². The minimum absolute atomic E-state index is 0.102. The summed E-state index contributed by atoms with van der Waals surface area (Å²) in [6.07, 6.45) is 3.44. The highest BCUT2D eigenvalue weighted by Crippen LogP contribution is 2.24. The van der Waals surface area contributed by atoms with E-state index in [-0.39, 0.29) is 11.9 Å². The third kappa shape index (κ3) is 2.88. The van der Waals surface area contributed by atoms with E-state index in [2.05, 4.69) is 10.1 Å². The molecule has 0 N–H and O–H groups in total. The summed E-state index contributed by atoms with van der Waals surface area (Å²) in [6.45, 7) is 1.97. The van der Waals surface area contributed by atoms with Crippen molar-refractivity contribution in [2.45, 2.75) is 13.0 Å². The Labute approximate surface area is 134 Å². The van der Waals surface area contributed by atoms with Crippen LogP contribution in [-0.4, -0.2) is 39.6 Å². The standard InChI is InChI=1S/C17H18N4O2/c1-12(13-6-4-7-14(10-13)23-3)20(2)17(22)15-11-16-18-8-5-9-21(16)19-15/h4-12H,1-3H3. The Morgan fingerprint density at radius 3 is 2.87 bits per heavy atom. The molecule has 0 aliphatic carbocycles. The van der Waals surface area contributed by atoms with E-state index in [4.69, 9.17) is 4.74 Å². The summed E-state index contributed by atoms with van der Waals surface area (Å²) in [5.74, 6) is 0.623. The molecule has 118 valence electrons. The number of ether oxygens (including phenoxy) is 1. The Kier molecular flexibility index (Phi) is 3.97. The molecule has 0 spiro atoms. The van der Waals surface area contributed by atoms with E-state index in [1.807, 2.05) is 31.2 Å². The maximum absolute atomic E-state index is 12.7. The fraction of sp³-hybridized carbons (Fsp3) is 0.235. The second kappa shape index (κ2) is 6.08. The molecule has 0 saturated heterocycles. The molecule has 0 radical (unpaired) electrons. The number of nitrogens with zero attached hydrogens (tertiary/aromatic N) is 4. The third-order valence-electron chi connectivity index (χ3n) is 3.93. The fourth-order valence-electron chi connectivity index (χ4n) is 2.42. The first-order valence-corrected chi connectivity index (χ1v) is 7.31. The van der Waals surface area contributed by atoms with Crippen LogP contribution in [0.1, 0.15) is 29.0 Å². The molecular weight excluding hydrogens is 292 g/mol. The van der Waals surface area contributed by atoms with Crippen molar-refractivity contribution in [3.8, 4) is 5.75 Å². The lowest BCUT2D eigenvalue weighted by molar-refractivity contribution is 0.0736. The van der Waals surface area contributed by atoms with Crippen molar-refractivity contribution in [1.29, 1.82) is 0 Å². The summed E-state index contributed by atoms with van der Waals surface area (Å²) < 4.78 is 6.84. The third-order valence-corrected chi connectivity index (χ3v) is 3.93. The fourth-order valence-corrected chi connectivity index (χ4v) is 2.42. The van der Waals surface area contributed by atoms with Gasteiger partial charge in [-0.15, -0.1) is 0 Å². The largest absolute Gasteiger partial charge is 0.497 e. The van der Waals surface area contributed by atoms with Crippen molar-refractivity contribution in [3.63, 3.8) is 0 Å². The number of carbonyl (C=O) groups excluding carboxylic acids is 1. The van der Waals surface area contributed by atoms with Gasteiger partial charge in [0, 0.05) is 25.5 Å². The van der Waals surface area contributed by atoms with Crippen LogP contribution in [0.5, 0.6) is 5.75 Å². The number of amides is 1. The quantitative estimate of drug-likeness (QED) is 0.743. The number of carbonyl (C=O) groups is 1. The number of methoxy groups -OCH3 is 1. The van der Waals surface area contributed by atoms with Gasteiger partial charge < -0.3 is 9.64 Å². The monoisotopic (exact) mass is 310 g/mol. The van der Waals surface area contributed by atoms with E-state index >= 15 is 0 Å². The van der Waals surface area contributed by atoms with Crippen LogP contribution >= 0.6 is 0 Å². The van der Waals surface area contributed by atoms with Gasteiger partial charge in [0.25, 0.3) is 5.91 Å². The molecule has 1 amide bonds. The molecule has 3 rings (SSSR count). The van der Waals surface area contributed by atoms with E-state index in [9.17, 15) is 4.79 Å². The van der Waals surface area contributed by atoms with Gasteiger partial charge in [0.1, 0.15) is 5.75 Å². The predicted octanol–water partition coefficient (Wildman–Crippen LogP) is 2.57. The van der Waals surface area contributed by atoms with E-state index in [1.165, 1.54) is 0 Å². The lowest BCUT2D eigenvalue weighted by Gasteiger charge is -2.24. The highest BCUT2D eigenvalue weighted by Gasteiger charge is 2.21. The molecule has 1 unspecified atom stereocenters. The summed E-state index contributed by atoms with van der Waals surface area (Å²) in [5, 5.41) is 4.28. The normalized spacial score (nSPS) is 12.1. The first-order chi connectivity index (χ1) is 11.1. The van der Waals surface area contributed by atoms with Gasteiger partial charge in [-0.3, -0.25) is 4.79 Å². The zero-order chi connectivity index (χ0) is 16.4. The molecule has 3 aromatic rings. The average Bonchev–Trinajstić information content (AvgIpc) is 3.04. The molecule has 0 fully saturated rings. The van der Waals surface area contributed by atoms with E-state index in [0.29, 0.717) is 11.3 Å². The predicted molar refractivity (Wildman–Crippen MR) is 86.5 cm³/mol. The molecular formula is C17H18N4O2. The zero-order valence-corrected chi connectivity index (χ0v) is 13.3. The van der Waals surface area contributed by atoms with Gasteiger partial charge >= 0.3 is 0 Å². The Hall–Kier alpha value is -2.89. The van der Waals surface area contributed by atoms with Gasteiger partial charge in [-0.2, -0.15) is 5.10 Å². The molecule has 2 aromatic heterocycles. The van der Waals surface area contributed by atoms with Crippen LogP contribution in [0, 0.1) is 0 Å². The number of benzene rings is 1. The number of fused-ring (bicyclic) bond motifs is 1. The number of aromatic nitrogens is 3. The van der Waals surface area contributed by atoms with Gasteiger partial charge in [0.05, 0.1) is 13.2 Å². The smallest absolute Gasteiger partial charge is 0.274 e. The van der Waals surface area contributed by atoms with Crippen molar-refractivity contribution in [1.82, 2.24) is 19.5 Å². The molecule has 6 nitrogen and oxygen atoms in total. The summed E-state index contributed by atoms with van der Waals surface area (Å²) >= 11 is 0. The van der Waals surface area contributed by atoms with Gasteiger partial charge in [-0.1, -0.05) is 12.1 Å². The van der Waals surface area contributed by atoms with Crippen LogP contribution in [0.15, 0.2) is 48.8 Å². The summed E-state index contributed by atoms with van der Waals surface area (Å²) in [4.78, 5) is 18.5. The van der Waals surface area contributed by atoms with Crippen molar-refractivity contribution in [3.05, 3.63) is 60.0 Å². The number of hydrogen-bond donors (Lipinski definition) is 0. The Bertz CT molecular complexity index is 810. The maximum atomic E-state index is 12.7. The van der Waals surface area contributed by atoms with Crippen LogP contribution in [0.4, 0.5) is 0 Å². The molecule has 6 heteroatoms. The molecule has 23 heavy (non-hydrogen) atoms. The first kappa shape index (κ1) is 15.0. The number of hydrogen-bond acceptors (Lipinski definition) is 4. The van der Waals surface area contributed by atoms with Crippen LogP contribution in [0.2, 0.25) is 0 Å². The molecule has 1 aromatic carbocycles. The molecule has 0 bridgehead atoms. The maximum Gasteiger partial charge on any atom is 0.274 e. The van der Waals surface area contributed by atoms with Crippen LogP contribution in [0.3, 0.4) is 0 Å². The summed E-state index contributed by atoms with van der Waals surface area (Å²) in [6, 6.07) is 11.1. The van der Waals surface area contributed by atoms with Gasteiger partial charge in [0.15, 0.2) is 11.3 Å². The Morgan fingerprint density at radius 1 is 1.30 bits per heavy atom. The van der Waals surface area contributed by atoms with E-state index in [1.54, 1.807) is 48.1 Å². The molecule has 0 aliphatic rings. The Morgan fingerprint density at radius 2 is 2.13 bits per heavy atom. The van der Waals surface area contributed by atoms with Crippen molar-refractivity contribution in [2.24, 2.45) is 0 Å².